The summed E-state index contributed by atoms with van der Waals surface area (Å²) in [5.74, 6) is 1.36. The quantitative estimate of drug-likeness (QED) is 0.691. The Kier molecular flexibility index (Phi) is 3.68. The fourth-order valence-corrected chi connectivity index (χ4v) is 4.69. The van der Waals surface area contributed by atoms with Gasteiger partial charge in [0.15, 0.2) is 0 Å². The van der Waals surface area contributed by atoms with Crippen molar-refractivity contribution in [2.24, 2.45) is 5.92 Å². The third kappa shape index (κ3) is 2.25. The second-order valence-corrected chi connectivity index (χ2v) is 7.29. The molecule has 0 saturated carbocycles. The van der Waals surface area contributed by atoms with Crippen molar-refractivity contribution in [3.05, 3.63) is 77.9 Å². The van der Waals surface area contributed by atoms with E-state index in [4.69, 9.17) is 4.74 Å². The normalized spacial score (nSPS) is 22.2. The first-order chi connectivity index (χ1) is 12.8. The number of rotatable bonds is 3. The predicted molar refractivity (Wildman–Crippen MR) is 98.4 cm³/mol. The third-order valence-corrected chi connectivity index (χ3v) is 5.91. The Bertz CT molecular complexity index is 927. The van der Waals surface area contributed by atoms with Gasteiger partial charge in [-0.2, -0.15) is 0 Å². The standard InChI is InChI=1S/C22H21FN2O/c23-18-7-5-17(6-8-18)22(15-16-9-13-26-14-10-16)20-4-2-1-3-19(20)21-24-11-12-25(21)22/h1-8,11-12,16H,9-10,13-15H2/t22-/m1/s1. The van der Waals surface area contributed by atoms with Gasteiger partial charge in [0.2, 0.25) is 0 Å². The van der Waals surface area contributed by atoms with Gasteiger partial charge >= 0.3 is 0 Å². The van der Waals surface area contributed by atoms with E-state index in [1.165, 1.54) is 11.1 Å². The van der Waals surface area contributed by atoms with Gasteiger partial charge in [0.05, 0.1) is 5.54 Å². The molecule has 1 saturated heterocycles. The summed E-state index contributed by atoms with van der Waals surface area (Å²) in [6.45, 7) is 1.64. The molecule has 0 aliphatic carbocycles. The average Bonchev–Trinajstić information content (AvgIpc) is 3.26. The zero-order valence-electron chi connectivity index (χ0n) is 14.6. The number of nitrogens with zero attached hydrogens (tertiary/aromatic N) is 2. The number of hydrogen-bond acceptors (Lipinski definition) is 2. The van der Waals surface area contributed by atoms with Crippen LogP contribution in [0.2, 0.25) is 0 Å². The first kappa shape index (κ1) is 15.8. The molecule has 2 aliphatic heterocycles. The van der Waals surface area contributed by atoms with Crippen molar-refractivity contribution in [1.82, 2.24) is 9.55 Å². The maximum atomic E-state index is 13.7. The molecular formula is C22H21FN2O. The Morgan fingerprint density at radius 3 is 2.65 bits per heavy atom. The number of benzene rings is 2. The summed E-state index contributed by atoms with van der Waals surface area (Å²) >= 11 is 0. The average molecular weight is 348 g/mol. The van der Waals surface area contributed by atoms with Crippen molar-refractivity contribution in [1.29, 1.82) is 0 Å². The van der Waals surface area contributed by atoms with Gasteiger partial charge < -0.3 is 9.30 Å². The summed E-state index contributed by atoms with van der Waals surface area (Å²) in [5, 5.41) is 0. The first-order valence-electron chi connectivity index (χ1n) is 9.26. The minimum atomic E-state index is -0.335. The minimum absolute atomic E-state index is 0.202. The van der Waals surface area contributed by atoms with Crippen molar-refractivity contribution < 1.29 is 9.13 Å². The SMILES string of the molecule is Fc1ccc([C@]2(CC3CCOCC3)c3ccccc3-c3nccn32)cc1. The molecule has 1 fully saturated rings. The molecular weight excluding hydrogens is 327 g/mol. The highest BCUT2D eigenvalue weighted by atomic mass is 19.1. The number of hydrogen-bond donors (Lipinski definition) is 0. The molecule has 132 valence electrons. The molecule has 1 atom stereocenters. The molecule has 26 heavy (non-hydrogen) atoms. The lowest BCUT2D eigenvalue weighted by Gasteiger charge is -2.38. The molecule has 0 bridgehead atoms. The fraction of sp³-hybridized carbons (Fsp3) is 0.318. The Morgan fingerprint density at radius 2 is 1.85 bits per heavy atom. The molecule has 2 aromatic carbocycles. The van der Waals surface area contributed by atoms with Gasteiger partial charge in [0.25, 0.3) is 0 Å². The largest absolute Gasteiger partial charge is 0.381 e. The number of imidazole rings is 1. The van der Waals surface area contributed by atoms with E-state index in [9.17, 15) is 4.39 Å². The van der Waals surface area contributed by atoms with Crippen LogP contribution in [-0.4, -0.2) is 22.8 Å². The molecule has 0 amide bonds. The van der Waals surface area contributed by atoms with Crippen LogP contribution in [0.15, 0.2) is 60.9 Å². The lowest BCUT2D eigenvalue weighted by molar-refractivity contribution is 0.0566. The highest BCUT2D eigenvalue weighted by Crippen LogP contribution is 2.51. The lowest BCUT2D eigenvalue weighted by atomic mass is 9.74. The van der Waals surface area contributed by atoms with Crippen molar-refractivity contribution in [2.75, 3.05) is 13.2 Å². The summed E-state index contributed by atoms with van der Waals surface area (Å²) < 4.78 is 21.5. The van der Waals surface area contributed by atoms with E-state index < -0.39 is 0 Å². The monoisotopic (exact) mass is 348 g/mol. The Morgan fingerprint density at radius 1 is 1.08 bits per heavy atom. The fourth-order valence-electron chi connectivity index (χ4n) is 4.69. The van der Waals surface area contributed by atoms with Crippen LogP contribution in [-0.2, 0) is 10.3 Å². The van der Waals surface area contributed by atoms with Crippen LogP contribution in [0.25, 0.3) is 11.4 Å². The summed E-state index contributed by atoms with van der Waals surface area (Å²) in [5.41, 5.74) is 3.22. The van der Waals surface area contributed by atoms with E-state index in [0.717, 1.165) is 43.9 Å². The van der Waals surface area contributed by atoms with Gasteiger partial charge in [0.1, 0.15) is 11.6 Å². The van der Waals surface area contributed by atoms with Gasteiger partial charge in [-0.3, -0.25) is 0 Å². The molecule has 0 radical (unpaired) electrons. The van der Waals surface area contributed by atoms with Crippen LogP contribution < -0.4 is 0 Å². The highest BCUT2D eigenvalue weighted by Gasteiger charge is 2.46. The topological polar surface area (TPSA) is 27.1 Å². The molecule has 3 nitrogen and oxygen atoms in total. The van der Waals surface area contributed by atoms with Crippen LogP contribution in [0.5, 0.6) is 0 Å². The number of fused-ring (bicyclic) bond motifs is 3. The number of halogens is 1. The van der Waals surface area contributed by atoms with Crippen molar-refractivity contribution in [3.8, 4) is 11.4 Å². The summed E-state index contributed by atoms with van der Waals surface area (Å²) in [6, 6.07) is 15.5. The summed E-state index contributed by atoms with van der Waals surface area (Å²) in [4.78, 5) is 4.63. The predicted octanol–water partition coefficient (Wildman–Crippen LogP) is 4.61. The van der Waals surface area contributed by atoms with E-state index in [-0.39, 0.29) is 11.4 Å². The zero-order chi connectivity index (χ0) is 17.6. The molecule has 4 heteroatoms. The van der Waals surface area contributed by atoms with E-state index >= 15 is 0 Å². The molecule has 2 aliphatic rings. The Balaban J connectivity index is 1.73. The Labute approximate surface area is 152 Å². The first-order valence-corrected chi connectivity index (χ1v) is 9.26. The van der Waals surface area contributed by atoms with Crippen LogP contribution in [0.1, 0.15) is 30.4 Å². The van der Waals surface area contributed by atoms with E-state index in [1.54, 1.807) is 12.1 Å². The molecule has 0 spiro atoms. The molecule has 0 unspecified atom stereocenters. The van der Waals surface area contributed by atoms with E-state index in [1.807, 2.05) is 18.3 Å². The summed E-state index contributed by atoms with van der Waals surface area (Å²) in [7, 11) is 0. The van der Waals surface area contributed by atoms with Crippen LogP contribution in [0.3, 0.4) is 0 Å². The maximum absolute atomic E-state index is 13.7. The van der Waals surface area contributed by atoms with Gasteiger partial charge in [-0.05, 0) is 48.4 Å². The molecule has 5 rings (SSSR count). The number of ether oxygens (including phenoxy) is 1. The van der Waals surface area contributed by atoms with E-state index in [2.05, 4.69) is 40.0 Å². The molecule has 3 heterocycles. The van der Waals surface area contributed by atoms with Crippen molar-refractivity contribution >= 4 is 0 Å². The third-order valence-electron chi connectivity index (χ3n) is 5.91. The molecule has 0 N–H and O–H groups in total. The van der Waals surface area contributed by atoms with Gasteiger partial charge in [0, 0.05) is 31.2 Å². The lowest BCUT2D eigenvalue weighted by Crippen LogP contribution is -2.36. The summed E-state index contributed by atoms with van der Waals surface area (Å²) in [6.07, 6.45) is 7.04. The maximum Gasteiger partial charge on any atom is 0.141 e. The molecule has 3 aromatic rings. The second kappa shape index (κ2) is 6.06. The van der Waals surface area contributed by atoms with E-state index in [0.29, 0.717) is 5.92 Å². The molecule has 1 aromatic heterocycles. The van der Waals surface area contributed by atoms with Crippen LogP contribution in [0.4, 0.5) is 4.39 Å². The minimum Gasteiger partial charge on any atom is -0.381 e. The Hall–Kier alpha value is -2.46. The van der Waals surface area contributed by atoms with Gasteiger partial charge in [-0.25, -0.2) is 9.37 Å². The highest BCUT2D eigenvalue weighted by molar-refractivity contribution is 5.71. The van der Waals surface area contributed by atoms with Crippen LogP contribution >= 0.6 is 0 Å². The zero-order valence-corrected chi connectivity index (χ0v) is 14.6. The van der Waals surface area contributed by atoms with Crippen LogP contribution in [0, 0.1) is 11.7 Å². The smallest absolute Gasteiger partial charge is 0.141 e. The van der Waals surface area contributed by atoms with Crippen molar-refractivity contribution in [2.45, 2.75) is 24.8 Å². The van der Waals surface area contributed by atoms with Gasteiger partial charge in [-0.15, -0.1) is 0 Å². The van der Waals surface area contributed by atoms with Gasteiger partial charge in [-0.1, -0.05) is 36.4 Å². The second-order valence-electron chi connectivity index (χ2n) is 7.29. The van der Waals surface area contributed by atoms with Crippen molar-refractivity contribution in [3.63, 3.8) is 0 Å². The number of aromatic nitrogens is 2.